The third-order valence-corrected chi connectivity index (χ3v) is 6.00. The molecule has 1 aliphatic rings. The number of aryl methyl sites for hydroxylation is 1. The van der Waals surface area contributed by atoms with Crippen LogP contribution in [0.5, 0.6) is 0 Å². The second-order valence-corrected chi connectivity index (χ2v) is 8.23. The summed E-state index contributed by atoms with van der Waals surface area (Å²) in [5.74, 6) is 0.531. The highest BCUT2D eigenvalue weighted by molar-refractivity contribution is 6.04. The number of amides is 1. The molecule has 6 nitrogen and oxygen atoms in total. The van der Waals surface area contributed by atoms with Gasteiger partial charge in [0.15, 0.2) is 5.69 Å². The Kier molecular flexibility index (Phi) is 5.95. The van der Waals surface area contributed by atoms with Gasteiger partial charge in [0.25, 0.3) is 11.5 Å². The molecule has 4 rings (SSSR count). The maximum Gasteiger partial charge on any atom is 0.274 e. The van der Waals surface area contributed by atoms with E-state index < -0.39 is 0 Å². The summed E-state index contributed by atoms with van der Waals surface area (Å²) in [4.78, 5) is 27.7. The second-order valence-electron chi connectivity index (χ2n) is 8.23. The molecule has 3 aromatic rings. The van der Waals surface area contributed by atoms with Gasteiger partial charge in [-0.05, 0) is 49.0 Å². The highest BCUT2D eigenvalue weighted by Gasteiger charge is 2.18. The van der Waals surface area contributed by atoms with Crippen molar-refractivity contribution in [3.05, 3.63) is 75.7 Å². The third-order valence-electron chi connectivity index (χ3n) is 6.00. The van der Waals surface area contributed by atoms with E-state index in [0.29, 0.717) is 17.3 Å². The first-order valence-corrected chi connectivity index (χ1v) is 10.6. The van der Waals surface area contributed by atoms with E-state index in [9.17, 15) is 9.59 Å². The van der Waals surface area contributed by atoms with E-state index in [1.807, 2.05) is 12.1 Å². The van der Waals surface area contributed by atoms with E-state index in [4.69, 9.17) is 0 Å². The van der Waals surface area contributed by atoms with Gasteiger partial charge in [-0.1, -0.05) is 49.4 Å². The molecule has 0 aliphatic carbocycles. The van der Waals surface area contributed by atoms with E-state index in [1.54, 1.807) is 25.2 Å². The first-order chi connectivity index (χ1) is 14.5. The van der Waals surface area contributed by atoms with E-state index in [2.05, 4.69) is 40.4 Å². The summed E-state index contributed by atoms with van der Waals surface area (Å²) in [6, 6.07) is 15.4. The Bertz CT molecular complexity index is 1110. The van der Waals surface area contributed by atoms with Crippen LogP contribution in [0, 0.1) is 5.92 Å². The molecule has 1 N–H and O–H groups in total. The van der Waals surface area contributed by atoms with Crippen molar-refractivity contribution < 1.29 is 4.79 Å². The van der Waals surface area contributed by atoms with Crippen LogP contribution in [0.2, 0.25) is 0 Å². The fourth-order valence-electron chi connectivity index (χ4n) is 4.07. The predicted molar refractivity (Wildman–Crippen MR) is 118 cm³/mol. The highest BCUT2D eigenvalue weighted by Crippen LogP contribution is 2.20. The molecule has 1 aliphatic heterocycles. The van der Waals surface area contributed by atoms with Gasteiger partial charge in [0.2, 0.25) is 0 Å². The van der Waals surface area contributed by atoms with Gasteiger partial charge < -0.3 is 5.32 Å². The van der Waals surface area contributed by atoms with Crippen molar-refractivity contribution in [1.29, 1.82) is 0 Å². The standard InChI is InChI=1S/C24H28N4O2/c1-17-11-13-28(14-12-17)16-19-8-4-3-7-18(19)15-25-23(29)22-20-9-5-6-10-21(20)24(30)27(2)26-22/h3-10,17H,11-16H2,1-2H3,(H,25,29). The molecule has 0 saturated carbocycles. The minimum absolute atomic E-state index is 0.205. The fraction of sp³-hybridized carbons (Fsp3) is 0.375. The first-order valence-electron chi connectivity index (χ1n) is 10.6. The van der Waals surface area contributed by atoms with Crippen LogP contribution in [0.3, 0.4) is 0 Å². The van der Waals surface area contributed by atoms with Crippen molar-refractivity contribution in [3.8, 4) is 0 Å². The zero-order chi connectivity index (χ0) is 21.1. The lowest BCUT2D eigenvalue weighted by molar-refractivity contribution is 0.0945. The molecule has 156 valence electrons. The third kappa shape index (κ3) is 4.28. The number of carbonyl (C=O) groups excluding carboxylic acids is 1. The largest absolute Gasteiger partial charge is 0.347 e. The van der Waals surface area contributed by atoms with Gasteiger partial charge in [0.05, 0.1) is 5.39 Å². The summed E-state index contributed by atoms with van der Waals surface area (Å²) in [6.07, 6.45) is 2.48. The van der Waals surface area contributed by atoms with Gasteiger partial charge in [-0.2, -0.15) is 5.10 Å². The monoisotopic (exact) mass is 404 g/mol. The Labute approximate surface area is 176 Å². The number of aromatic nitrogens is 2. The van der Waals surface area contributed by atoms with Crippen molar-refractivity contribution in [3.63, 3.8) is 0 Å². The topological polar surface area (TPSA) is 67.2 Å². The fourth-order valence-corrected chi connectivity index (χ4v) is 4.07. The summed E-state index contributed by atoms with van der Waals surface area (Å²) in [7, 11) is 1.57. The summed E-state index contributed by atoms with van der Waals surface area (Å²) >= 11 is 0. The average Bonchev–Trinajstić information content (AvgIpc) is 2.77. The number of benzene rings is 2. The smallest absolute Gasteiger partial charge is 0.274 e. The SMILES string of the molecule is CC1CCN(Cc2ccccc2CNC(=O)c2nn(C)c(=O)c3ccccc23)CC1. The van der Waals surface area contributed by atoms with E-state index in [0.717, 1.165) is 31.1 Å². The van der Waals surface area contributed by atoms with Gasteiger partial charge in [-0.3, -0.25) is 14.5 Å². The van der Waals surface area contributed by atoms with E-state index in [-0.39, 0.29) is 17.2 Å². The van der Waals surface area contributed by atoms with Gasteiger partial charge >= 0.3 is 0 Å². The lowest BCUT2D eigenvalue weighted by Gasteiger charge is -2.30. The summed E-state index contributed by atoms with van der Waals surface area (Å²) in [5, 5.41) is 8.30. The second kappa shape index (κ2) is 8.79. The van der Waals surface area contributed by atoms with E-state index >= 15 is 0 Å². The summed E-state index contributed by atoms with van der Waals surface area (Å²) in [6.45, 7) is 5.89. The summed E-state index contributed by atoms with van der Waals surface area (Å²) in [5.41, 5.74) is 2.42. The number of rotatable bonds is 5. The molecular formula is C24H28N4O2. The molecule has 6 heteroatoms. The van der Waals surface area contributed by atoms with Gasteiger partial charge in [-0.25, -0.2) is 4.68 Å². The number of fused-ring (bicyclic) bond motifs is 1. The molecule has 30 heavy (non-hydrogen) atoms. The average molecular weight is 405 g/mol. The van der Waals surface area contributed by atoms with Crippen molar-refractivity contribution >= 4 is 16.7 Å². The number of hydrogen-bond donors (Lipinski definition) is 1. The molecule has 2 heterocycles. The molecule has 0 atom stereocenters. The summed E-state index contributed by atoms with van der Waals surface area (Å²) < 4.78 is 1.22. The number of nitrogens with one attached hydrogen (secondary N) is 1. The lowest BCUT2D eigenvalue weighted by atomic mass is 9.98. The minimum Gasteiger partial charge on any atom is -0.347 e. The van der Waals surface area contributed by atoms with Crippen LogP contribution in [0.15, 0.2) is 53.3 Å². The zero-order valence-corrected chi connectivity index (χ0v) is 17.6. The Morgan fingerprint density at radius 2 is 1.67 bits per heavy atom. The number of carbonyl (C=O) groups is 1. The zero-order valence-electron chi connectivity index (χ0n) is 17.6. The van der Waals surface area contributed by atoms with Crippen LogP contribution in [-0.4, -0.2) is 33.7 Å². The van der Waals surface area contributed by atoms with Crippen LogP contribution in [0.1, 0.15) is 41.4 Å². The lowest BCUT2D eigenvalue weighted by Crippen LogP contribution is -2.33. The van der Waals surface area contributed by atoms with Crippen LogP contribution >= 0.6 is 0 Å². The molecule has 2 aromatic carbocycles. The molecule has 1 aromatic heterocycles. The normalized spacial score (nSPS) is 15.4. The van der Waals surface area contributed by atoms with Crippen LogP contribution < -0.4 is 10.9 Å². The Balaban J connectivity index is 1.51. The number of likely N-dealkylation sites (tertiary alicyclic amines) is 1. The molecule has 1 saturated heterocycles. The Hall–Kier alpha value is -2.99. The maximum absolute atomic E-state index is 12.9. The maximum atomic E-state index is 12.9. The van der Waals surface area contributed by atoms with Crippen LogP contribution in [0.4, 0.5) is 0 Å². The molecule has 0 bridgehead atoms. The Morgan fingerprint density at radius 3 is 2.40 bits per heavy atom. The molecule has 1 amide bonds. The Morgan fingerprint density at radius 1 is 1.03 bits per heavy atom. The molecular weight excluding hydrogens is 376 g/mol. The number of hydrogen-bond acceptors (Lipinski definition) is 4. The van der Waals surface area contributed by atoms with Crippen molar-refractivity contribution in [2.45, 2.75) is 32.9 Å². The van der Waals surface area contributed by atoms with Crippen molar-refractivity contribution in [1.82, 2.24) is 20.0 Å². The number of nitrogens with zero attached hydrogens (tertiary/aromatic N) is 3. The van der Waals surface area contributed by atoms with Crippen LogP contribution in [0.25, 0.3) is 10.8 Å². The van der Waals surface area contributed by atoms with E-state index in [1.165, 1.54) is 23.1 Å². The number of piperidine rings is 1. The molecule has 1 fully saturated rings. The van der Waals surface area contributed by atoms with Crippen LogP contribution in [-0.2, 0) is 20.1 Å². The van der Waals surface area contributed by atoms with Crippen molar-refractivity contribution in [2.75, 3.05) is 13.1 Å². The van der Waals surface area contributed by atoms with Gasteiger partial charge in [0, 0.05) is 25.5 Å². The first kappa shape index (κ1) is 20.3. The van der Waals surface area contributed by atoms with Gasteiger partial charge in [0.1, 0.15) is 0 Å². The van der Waals surface area contributed by atoms with Gasteiger partial charge in [-0.15, -0.1) is 0 Å². The minimum atomic E-state index is -0.275. The quantitative estimate of drug-likeness (QED) is 0.710. The molecule has 0 unspecified atom stereocenters. The highest BCUT2D eigenvalue weighted by atomic mass is 16.2. The molecule has 0 spiro atoms. The predicted octanol–water partition coefficient (Wildman–Crippen LogP) is 3.10. The van der Waals surface area contributed by atoms with Crippen molar-refractivity contribution in [2.24, 2.45) is 13.0 Å². The molecule has 0 radical (unpaired) electrons.